The predicted molar refractivity (Wildman–Crippen MR) is 95.9 cm³/mol. The lowest BCUT2D eigenvalue weighted by Gasteiger charge is -2.25. The van der Waals surface area contributed by atoms with Gasteiger partial charge in [-0.05, 0) is 24.3 Å². The minimum absolute atomic E-state index is 0.0373. The van der Waals surface area contributed by atoms with Crippen LogP contribution >= 0.6 is 0 Å². The molecular formula is C19H17FN2O7. The summed E-state index contributed by atoms with van der Waals surface area (Å²) in [5, 5.41) is 0. The van der Waals surface area contributed by atoms with Gasteiger partial charge in [0.2, 0.25) is 6.10 Å². The molecule has 0 aromatic heterocycles. The molecule has 1 heterocycles. The molecule has 2 N–H and O–H groups in total. The Kier molecular flexibility index (Phi) is 6.12. The van der Waals surface area contributed by atoms with Gasteiger partial charge in [-0.2, -0.15) is 0 Å². The van der Waals surface area contributed by atoms with Gasteiger partial charge in [-0.3, -0.25) is 20.4 Å². The Morgan fingerprint density at radius 3 is 2.62 bits per heavy atom. The van der Waals surface area contributed by atoms with E-state index in [2.05, 4.69) is 10.9 Å². The van der Waals surface area contributed by atoms with E-state index in [0.717, 1.165) is 6.07 Å². The number of methoxy groups -OCH3 is 1. The molecule has 0 saturated heterocycles. The number of rotatable bonds is 5. The third kappa shape index (κ3) is 4.92. The fraction of sp³-hybridized carbons (Fsp3) is 0.211. The number of hydrazine groups is 1. The van der Waals surface area contributed by atoms with Crippen LogP contribution in [0.4, 0.5) is 4.39 Å². The van der Waals surface area contributed by atoms with Crippen LogP contribution in [0.2, 0.25) is 0 Å². The lowest BCUT2D eigenvalue weighted by atomic mass is 10.2. The molecule has 1 aliphatic heterocycles. The van der Waals surface area contributed by atoms with Gasteiger partial charge in [0.1, 0.15) is 18.2 Å². The number of carbonyl (C=O) groups excluding carboxylic acids is 3. The standard InChI is InChI=1S/C19H17FN2O7/c1-26-11-6-7-12(13(20)8-11)19(25)28-10-17(23)21-22-18(24)16-9-27-14-4-2-3-5-15(14)29-16/h2-8,16H,9-10H2,1H3,(H,21,23)(H,22,24). The molecule has 2 amide bonds. The second-order valence-corrected chi connectivity index (χ2v) is 5.82. The normalized spacial score (nSPS) is 14.5. The largest absolute Gasteiger partial charge is 0.497 e. The van der Waals surface area contributed by atoms with E-state index in [1.54, 1.807) is 24.3 Å². The van der Waals surface area contributed by atoms with Gasteiger partial charge in [-0.15, -0.1) is 0 Å². The molecule has 2 aromatic carbocycles. The van der Waals surface area contributed by atoms with Crippen molar-refractivity contribution >= 4 is 17.8 Å². The highest BCUT2D eigenvalue weighted by molar-refractivity contribution is 5.92. The second kappa shape index (κ2) is 8.91. The SMILES string of the molecule is COc1ccc(C(=O)OCC(=O)NNC(=O)C2COc3ccccc3O2)c(F)c1. The van der Waals surface area contributed by atoms with Gasteiger partial charge in [-0.1, -0.05) is 12.1 Å². The number of fused-ring (bicyclic) bond motifs is 1. The fourth-order valence-corrected chi connectivity index (χ4v) is 2.39. The van der Waals surface area contributed by atoms with Gasteiger partial charge in [0.25, 0.3) is 11.8 Å². The summed E-state index contributed by atoms with van der Waals surface area (Å²) >= 11 is 0. The minimum Gasteiger partial charge on any atom is -0.497 e. The number of halogens is 1. The Balaban J connectivity index is 1.44. The highest BCUT2D eigenvalue weighted by Gasteiger charge is 2.27. The quantitative estimate of drug-likeness (QED) is 0.564. The van der Waals surface area contributed by atoms with Crippen molar-refractivity contribution in [3.63, 3.8) is 0 Å². The molecular weight excluding hydrogens is 387 g/mol. The van der Waals surface area contributed by atoms with Crippen LogP contribution < -0.4 is 25.1 Å². The summed E-state index contributed by atoms with van der Waals surface area (Å²) in [6.07, 6.45) is -0.971. The van der Waals surface area contributed by atoms with Gasteiger partial charge in [0.05, 0.1) is 12.7 Å². The molecule has 3 rings (SSSR count). The molecule has 1 aliphatic rings. The molecule has 0 aliphatic carbocycles. The first kappa shape index (κ1) is 19.9. The van der Waals surface area contributed by atoms with Crippen molar-refractivity contribution in [2.24, 2.45) is 0 Å². The molecule has 0 radical (unpaired) electrons. The van der Waals surface area contributed by atoms with Gasteiger partial charge in [-0.25, -0.2) is 9.18 Å². The average molecular weight is 404 g/mol. The molecule has 0 fully saturated rings. The van der Waals surface area contributed by atoms with Gasteiger partial charge >= 0.3 is 5.97 Å². The number of hydrogen-bond acceptors (Lipinski definition) is 7. The van der Waals surface area contributed by atoms with Crippen LogP contribution in [-0.2, 0) is 14.3 Å². The number of carbonyl (C=O) groups is 3. The maximum absolute atomic E-state index is 13.8. The lowest BCUT2D eigenvalue weighted by Crippen LogP contribution is -2.51. The van der Waals surface area contributed by atoms with Gasteiger partial charge in [0, 0.05) is 6.07 Å². The number of benzene rings is 2. The van der Waals surface area contributed by atoms with E-state index in [4.69, 9.17) is 18.9 Å². The minimum atomic E-state index is -1.03. The van der Waals surface area contributed by atoms with Crippen LogP contribution in [0.3, 0.4) is 0 Å². The summed E-state index contributed by atoms with van der Waals surface area (Å²) in [5.74, 6) is -2.21. The molecule has 1 atom stereocenters. The summed E-state index contributed by atoms with van der Waals surface area (Å²) in [7, 11) is 1.36. The summed E-state index contributed by atoms with van der Waals surface area (Å²) < 4.78 is 34.3. The highest BCUT2D eigenvalue weighted by Crippen LogP contribution is 2.30. The Hall–Kier alpha value is -3.82. The van der Waals surface area contributed by atoms with Crippen molar-refractivity contribution in [3.8, 4) is 17.2 Å². The molecule has 152 valence electrons. The van der Waals surface area contributed by atoms with E-state index in [0.29, 0.717) is 11.5 Å². The first-order chi connectivity index (χ1) is 14.0. The fourth-order valence-electron chi connectivity index (χ4n) is 2.39. The Morgan fingerprint density at radius 1 is 1.14 bits per heavy atom. The maximum atomic E-state index is 13.8. The van der Waals surface area contributed by atoms with Gasteiger partial charge in [0.15, 0.2) is 18.1 Å². The van der Waals surface area contributed by atoms with Crippen LogP contribution in [0.5, 0.6) is 17.2 Å². The van der Waals surface area contributed by atoms with E-state index in [9.17, 15) is 18.8 Å². The molecule has 0 saturated carbocycles. The smallest absolute Gasteiger partial charge is 0.341 e. The number of amides is 2. The van der Waals surface area contributed by atoms with E-state index in [-0.39, 0.29) is 17.9 Å². The summed E-state index contributed by atoms with van der Waals surface area (Å²) in [5.41, 5.74) is 3.87. The van der Waals surface area contributed by atoms with Crippen molar-refractivity contribution in [3.05, 3.63) is 53.8 Å². The number of nitrogens with one attached hydrogen (secondary N) is 2. The lowest BCUT2D eigenvalue weighted by molar-refractivity contribution is -0.135. The highest BCUT2D eigenvalue weighted by atomic mass is 19.1. The van der Waals surface area contributed by atoms with Crippen molar-refractivity contribution in [1.82, 2.24) is 10.9 Å². The van der Waals surface area contributed by atoms with E-state index in [1.807, 2.05) is 0 Å². The second-order valence-electron chi connectivity index (χ2n) is 5.82. The maximum Gasteiger partial charge on any atom is 0.341 e. The number of esters is 1. The first-order valence-electron chi connectivity index (χ1n) is 8.46. The Bertz CT molecular complexity index is 935. The summed E-state index contributed by atoms with van der Waals surface area (Å²) in [6, 6.07) is 10.4. The molecule has 2 aromatic rings. The van der Waals surface area contributed by atoms with Crippen molar-refractivity contribution in [2.45, 2.75) is 6.10 Å². The molecule has 0 bridgehead atoms. The third-order valence-corrected chi connectivity index (χ3v) is 3.86. The van der Waals surface area contributed by atoms with Crippen molar-refractivity contribution < 1.29 is 37.7 Å². The van der Waals surface area contributed by atoms with E-state index >= 15 is 0 Å². The predicted octanol–water partition coefficient (Wildman–Crippen LogP) is 0.979. The summed E-state index contributed by atoms with van der Waals surface area (Å²) in [6.45, 7) is -0.764. The van der Waals surface area contributed by atoms with Crippen molar-refractivity contribution in [2.75, 3.05) is 20.3 Å². The zero-order valence-corrected chi connectivity index (χ0v) is 15.3. The Morgan fingerprint density at radius 2 is 1.90 bits per heavy atom. The number of para-hydroxylation sites is 2. The van der Waals surface area contributed by atoms with Crippen LogP contribution in [0.25, 0.3) is 0 Å². The zero-order valence-electron chi connectivity index (χ0n) is 15.3. The Labute approximate surface area is 164 Å². The van der Waals surface area contributed by atoms with Crippen LogP contribution in [0.1, 0.15) is 10.4 Å². The van der Waals surface area contributed by atoms with Crippen molar-refractivity contribution in [1.29, 1.82) is 0 Å². The third-order valence-electron chi connectivity index (χ3n) is 3.86. The summed E-state index contributed by atoms with van der Waals surface area (Å²) in [4.78, 5) is 35.7. The van der Waals surface area contributed by atoms with Crippen LogP contribution in [-0.4, -0.2) is 44.2 Å². The van der Waals surface area contributed by atoms with E-state index in [1.165, 1.54) is 19.2 Å². The first-order valence-corrected chi connectivity index (χ1v) is 8.46. The zero-order chi connectivity index (χ0) is 20.8. The molecule has 0 spiro atoms. The van der Waals surface area contributed by atoms with Gasteiger partial charge < -0.3 is 18.9 Å². The van der Waals surface area contributed by atoms with Crippen LogP contribution in [0, 0.1) is 5.82 Å². The number of ether oxygens (including phenoxy) is 4. The molecule has 10 heteroatoms. The molecule has 9 nitrogen and oxygen atoms in total. The molecule has 1 unspecified atom stereocenters. The number of hydrogen-bond donors (Lipinski definition) is 2. The van der Waals surface area contributed by atoms with E-state index < -0.39 is 36.3 Å². The molecule has 29 heavy (non-hydrogen) atoms. The van der Waals surface area contributed by atoms with Crippen LogP contribution in [0.15, 0.2) is 42.5 Å². The average Bonchev–Trinajstić information content (AvgIpc) is 2.75. The topological polar surface area (TPSA) is 112 Å². The monoisotopic (exact) mass is 404 g/mol.